The standard InChI is InChI=1S/C27H30N6/c1-2-10-28-11-3-5-15-33-19-25(21-9-7-13-31-27(21)33)23-17-29-16-22(23)24-18-32(14-4-1)26-20(24)8-6-12-30-26/h6-9,12-13,17-19,28H,1-5,10-11,14-16H2. The number of hydrogen-bond acceptors (Lipinski definition) is 4. The highest BCUT2D eigenvalue weighted by Gasteiger charge is 2.22. The molecule has 6 heteroatoms. The molecule has 4 bridgehead atoms. The summed E-state index contributed by atoms with van der Waals surface area (Å²) >= 11 is 0. The van der Waals surface area contributed by atoms with Crippen molar-refractivity contribution >= 4 is 39.4 Å². The first-order chi connectivity index (χ1) is 16.4. The second-order valence-electron chi connectivity index (χ2n) is 9.10. The number of allylic oxidation sites excluding steroid dienone is 1. The quantitative estimate of drug-likeness (QED) is 0.423. The zero-order valence-corrected chi connectivity index (χ0v) is 19.0. The minimum absolute atomic E-state index is 0.710. The molecule has 168 valence electrons. The Morgan fingerprint density at radius 2 is 1.36 bits per heavy atom. The summed E-state index contributed by atoms with van der Waals surface area (Å²) in [4.78, 5) is 14.2. The van der Waals surface area contributed by atoms with Gasteiger partial charge < -0.3 is 14.5 Å². The van der Waals surface area contributed by atoms with Crippen molar-refractivity contribution in [3.63, 3.8) is 0 Å². The van der Waals surface area contributed by atoms with E-state index < -0.39 is 0 Å². The summed E-state index contributed by atoms with van der Waals surface area (Å²) in [6.07, 6.45) is 16.4. The van der Waals surface area contributed by atoms with E-state index in [0.29, 0.717) is 6.54 Å². The van der Waals surface area contributed by atoms with Gasteiger partial charge in [-0.05, 0) is 68.6 Å². The van der Waals surface area contributed by atoms with Gasteiger partial charge in [0.05, 0.1) is 6.54 Å². The first-order valence-corrected chi connectivity index (χ1v) is 12.2. The van der Waals surface area contributed by atoms with Crippen LogP contribution in [0, 0.1) is 0 Å². The van der Waals surface area contributed by atoms with Gasteiger partial charge in [-0.2, -0.15) is 0 Å². The largest absolute Gasteiger partial charge is 0.332 e. The normalized spacial score (nSPS) is 17.9. The van der Waals surface area contributed by atoms with E-state index in [2.05, 4.69) is 45.2 Å². The van der Waals surface area contributed by atoms with E-state index in [1.165, 1.54) is 58.7 Å². The van der Waals surface area contributed by atoms with Gasteiger partial charge in [0, 0.05) is 71.6 Å². The van der Waals surface area contributed by atoms with Gasteiger partial charge in [0.1, 0.15) is 11.3 Å². The molecule has 6 nitrogen and oxygen atoms in total. The summed E-state index contributed by atoms with van der Waals surface area (Å²) in [6, 6.07) is 8.48. The van der Waals surface area contributed by atoms with Gasteiger partial charge in [0.25, 0.3) is 0 Å². The average Bonchev–Trinajstić information content (AvgIpc) is 3.55. The van der Waals surface area contributed by atoms with Gasteiger partial charge in [0.15, 0.2) is 0 Å². The van der Waals surface area contributed by atoms with Crippen LogP contribution in [0.15, 0.2) is 54.0 Å². The molecule has 0 fully saturated rings. The molecule has 2 aliphatic rings. The lowest BCUT2D eigenvalue weighted by Crippen LogP contribution is -2.17. The molecule has 6 rings (SSSR count). The highest BCUT2D eigenvalue weighted by molar-refractivity contribution is 6.26. The van der Waals surface area contributed by atoms with Crippen molar-refractivity contribution in [3.05, 3.63) is 60.2 Å². The third-order valence-electron chi connectivity index (χ3n) is 6.93. The molecule has 6 heterocycles. The number of nitrogens with one attached hydrogen (secondary N) is 1. The lowest BCUT2D eigenvalue weighted by Gasteiger charge is -2.08. The molecule has 0 unspecified atom stereocenters. The molecule has 0 aliphatic carbocycles. The molecule has 0 aromatic carbocycles. The van der Waals surface area contributed by atoms with Gasteiger partial charge in [-0.3, -0.25) is 4.99 Å². The van der Waals surface area contributed by atoms with Crippen LogP contribution in [0.5, 0.6) is 0 Å². The summed E-state index contributed by atoms with van der Waals surface area (Å²) in [5, 5.41) is 6.04. The van der Waals surface area contributed by atoms with Gasteiger partial charge in [0.2, 0.25) is 0 Å². The zero-order valence-electron chi connectivity index (χ0n) is 19.0. The van der Waals surface area contributed by atoms with Crippen LogP contribution in [0.25, 0.3) is 33.2 Å². The summed E-state index contributed by atoms with van der Waals surface area (Å²) < 4.78 is 4.67. The Morgan fingerprint density at radius 3 is 2.12 bits per heavy atom. The van der Waals surface area contributed by atoms with Gasteiger partial charge in [-0.25, -0.2) is 9.97 Å². The minimum Gasteiger partial charge on any atom is -0.332 e. The zero-order chi connectivity index (χ0) is 22.0. The van der Waals surface area contributed by atoms with Crippen molar-refractivity contribution in [2.45, 2.75) is 45.2 Å². The Morgan fingerprint density at radius 1 is 0.727 bits per heavy atom. The number of aliphatic imine (C=N–C) groups is 1. The number of aryl methyl sites for hydroxylation is 2. The number of nitrogens with zero attached hydrogens (tertiary/aromatic N) is 5. The van der Waals surface area contributed by atoms with Crippen molar-refractivity contribution in [2.75, 3.05) is 19.6 Å². The maximum atomic E-state index is 4.75. The Labute approximate surface area is 194 Å². The summed E-state index contributed by atoms with van der Waals surface area (Å²) in [5.41, 5.74) is 7.15. The van der Waals surface area contributed by atoms with Crippen LogP contribution < -0.4 is 5.32 Å². The third kappa shape index (κ3) is 3.78. The molecule has 4 aromatic rings. The monoisotopic (exact) mass is 438 g/mol. The van der Waals surface area contributed by atoms with Crippen LogP contribution in [-0.2, 0) is 13.1 Å². The second-order valence-corrected chi connectivity index (χ2v) is 9.10. The van der Waals surface area contributed by atoms with E-state index in [1.54, 1.807) is 0 Å². The molecule has 2 aliphatic heterocycles. The number of fused-ring (bicyclic) bond motifs is 12. The number of rotatable bonds is 0. The number of aromatic nitrogens is 4. The van der Waals surface area contributed by atoms with Crippen molar-refractivity contribution in [1.82, 2.24) is 24.4 Å². The lowest BCUT2D eigenvalue weighted by molar-refractivity contribution is 0.539. The Kier molecular flexibility index (Phi) is 5.52. The van der Waals surface area contributed by atoms with Crippen molar-refractivity contribution in [1.29, 1.82) is 0 Å². The maximum absolute atomic E-state index is 4.75. The van der Waals surface area contributed by atoms with Gasteiger partial charge in [-0.15, -0.1) is 0 Å². The molecule has 4 aromatic heterocycles. The third-order valence-corrected chi connectivity index (χ3v) is 6.93. The van der Waals surface area contributed by atoms with Gasteiger partial charge in [-0.1, -0.05) is 6.42 Å². The summed E-state index contributed by atoms with van der Waals surface area (Å²) in [6.45, 7) is 4.87. The van der Waals surface area contributed by atoms with Crippen LogP contribution in [0.3, 0.4) is 0 Å². The molecule has 0 saturated carbocycles. The Bertz CT molecular complexity index is 1360. The number of hydrogen-bond donors (Lipinski definition) is 1. The van der Waals surface area contributed by atoms with Crippen molar-refractivity contribution < 1.29 is 0 Å². The number of pyridine rings is 2. The first kappa shape index (κ1) is 20.4. The molecule has 0 radical (unpaired) electrons. The fourth-order valence-electron chi connectivity index (χ4n) is 5.26. The fourth-order valence-corrected chi connectivity index (χ4v) is 5.26. The molecular weight excluding hydrogens is 408 g/mol. The molecule has 1 N–H and O–H groups in total. The van der Waals surface area contributed by atoms with Crippen LogP contribution in [0.1, 0.15) is 43.2 Å². The summed E-state index contributed by atoms with van der Waals surface area (Å²) in [7, 11) is 0. The van der Waals surface area contributed by atoms with E-state index in [4.69, 9.17) is 15.0 Å². The Hall–Kier alpha value is -3.25. The van der Waals surface area contributed by atoms with Gasteiger partial charge >= 0.3 is 0 Å². The van der Waals surface area contributed by atoms with Crippen molar-refractivity contribution in [2.24, 2.45) is 4.99 Å². The van der Waals surface area contributed by atoms with Crippen molar-refractivity contribution in [3.8, 4) is 0 Å². The van der Waals surface area contributed by atoms with E-state index in [-0.39, 0.29) is 0 Å². The fraction of sp³-hybridized carbons (Fsp3) is 0.370. The SMILES string of the molecule is C1=NCC2=C1c1cn(c3ncccc13)CCCCNCCCCCn1cc2c2cccnc21. The lowest BCUT2D eigenvalue weighted by atomic mass is 9.97. The highest BCUT2D eigenvalue weighted by atomic mass is 15.0. The summed E-state index contributed by atoms with van der Waals surface area (Å²) in [5.74, 6) is 0. The Balaban J connectivity index is 1.52. The average molecular weight is 439 g/mol. The minimum atomic E-state index is 0.710. The van der Waals surface area contributed by atoms with E-state index in [9.17, 15) is 0 Å². The molecule has 0 spiro atoms. The predicted octanol–water partition coefficient (Wildman–Crippen LogP) is 4.93. The highest BCUT2D eigenvalue weighted by Crippen LogP contribution is 2.37. The molecular formula is C27H30N6. The molecule has 0 saturated heterocycles. The van der Waals surface area contributed by atoms with E-state index >= 15 is 0 Å². The van der Waals surface area contributed by atoms with Crippen LogP contribution >= 0.6 is 0 Å². The van der Waals surface area contributed by atoms with E-state index in [0.717, 1.165) is 43.9 Å². The molecule has 0 amide bonds. The van der Waals surface area contributed by atoms with E-state index in [1.807, 2.05) is 24.5 Å². The van der Waals surface area contributed by atoms with Crippen LogP contribution in [-0.4, -0.2) is 45.0 Å². The second kappa shape index (κ2) is 8.94. The molecule has 33 heavy (non-hydrogen) atoms. The molecule has 0 atom stereocenters. The topological polar surface area (TPSA) is 60.0 Å². The van der Waals surface area contributed by atoms with Crippen LogP contribution in [0.4, 0.5) is 0 Å². The maximum Gasteiger partial charge on any atom is 0.140 e. The predicted molar refractivity (Wildman–Crippen MR) is 136 cm³/mol. The van der Waals surface area contributed by atoms with Crippen LogP contribution in [0.2, 0.25) is 0 Å². The first-order valence-electron chi connectivity index (χ1n) is 12.2. The smallest absolute Gasteiger partial charge is 0.140 e.